The SMILES string of the molecule is Cc1cccc2c1CC1=C2/C=C\CC#CC1. The Morgan fingerprint density at radius 2 is 2.12 bits per heavy atom. The number of rotatable bonds is 0. The summed E-state index contributed by atoms with van der Waals surface area (Å²) in [6, 6.07) is 6.60. The van der Waals surface area contributed by atoms with Gasteiger partial charge in [-0.25, -0.2) is 0 Å². The van der Waals surface area contributed by atoms with Gasteiger partial charge in [-0.1, -0.05) is 42.2 Å². The molecular formula is C16H14. The van der Waals surface area contributed by atoms with Gasteiger partial charge < -0.3 is 0 Å². The first-order valence-corrected chi connectivity index (χ1v) is 5.79. The van der Waals surface area contributed by atoms with Crippen molar-refractivity contribution in [2.75, 3.05) is 0 Å². The van der Waals surface area contributed by atoms with Gasteiger partial charge in [-0.2, -0.15) is 0 Å². The van der Waals surface area contributed by atoms with Crippen LogP contribution >= 0.6 is 0 Å². The predicted molar refractivity (Wildman–Crippen MR) is 68.0 cm³/mol. The first-order chi connectivity index (χ1) is 7.86. The molecule has 2 aliphatic carbocycles. The van der Waals surface area contributed by atoms with E-state index in [1.807, 2.05) is 0 Å². The highest BCUT2D eigenvalue weighted by molar-refractivity contribution is 5.84. The molecule has 0 amide bonds. The van der Waals surface area contributed by atoms with Gasteiger partial charge in [0.15, 0.2) is 0 Å². The van der Waals surface area contributed by atoms with E-state index < -0.39 is 0 Å². The number of hydrogen-bond donors (Lipinski definition) is 0. The fourth-order valence-electron chi connectivity index (χ4n) is 2.53. The molecule has 0 bridgehead atoms. The number of aryl methyl sites for hydroxylation is 1. The molecule has 0 N–H and O–H groups in total. The van der Waals surface area contributed by atoms with Crippen molar-refractivity contribution in [3.63, 3.8) is 0 Å². The molecule has 0 saturated heterocycles. The quantitative estimate of drug-likeness (QED) is 0.568. The molecule has 0 saturated carbocycles. The molecule has 0 aliphatic heterocycles. The highest BCUT2D eigenvalue weighted by atomic mass is 14.2. The maximum atomic E-state index is 3.25. The fraction of sp³-hybridized carbons (Fsp3) is 0.250. The Labute approximate surface area is 96.7 Å². The van der Waals surface area contributed by atoms with Gasteiger partial charge in [0.1, 0.15) is 0 Å². The van der Waals surface area contributed by atoms with E-state index in [2.05, 4.69) is 49.1 Å². The van der Waals surface area contributed by atoms with Gasteiger partial charge in [0.2, 0.25) is 0 Å². The first-order valence-electron chi connectivity index (χ1n) is 5.79. The van der Waals surface area contributed by atoms with Crippen LogP contribution in [-0.4, -0.2) is 0 Å². The summed E-state index contributed by atoms with van der Waals surface area (Å²) >= 11 is 0. The monoisotopic (exact) mass is 206 g/mol. The predicted octanol–water partition coefficient (Wildman–Crippen LogP) is 3.66. The summed E-state index contributed by atoms with van der Waals surface area (Å²) in [6.45, 7) is 2.20. The minimum Gasteiger partial charge on any atom is -0.0988 e. The molecule has 16 heavy (non-hydrogen) atoms. The van der Waals surface area contributed by atoms with Crippen molar-refractivity contribution in [2.45, 2.75) is 26.2 Å². The second kappa shape index (κ2) is 3.68. The Kier molecular flexibility index (Phi) is 2.18. The van der Waals surface area contributed by atoms with Crippen LogP contribution in [0.3, 0.4) is 0 Å². The Balaban J connectivity index is 2.15. The van der Waals surface area contributed by atoms with Crippen LogP contribution in [-0.2, 0) is 6.42 Å². The van der Waals surface area contributed by atoms with E-state index >= 15 is 0 Å². The Morgan fingerprint density at radius 1 is 1.19 bits per heavy atom. The molecule has 3 rings (SSSR count). The standard InChI is InChI=1S/C16H14/c1-12-7-6-10-15-14-9-5-3-2-4-8-13(14)11-16(12)15/h5-7,9-10H,3,8,11H2,1H3/b9-5-. The maximum absolute atomic E-state index is 3.25. The second-order valence-corrected chi connectivity index (χ2v) is 4.43. The maximum Gasteiger partial charge on any atom is 0.0311 e. The highest BCUT2D eigenvalue weighted by Crippen LogP contribution is 2.37. The molecule has 0 nitrogen and oxygen atoms in total. The van der Waals surface area contributed by atoms with Crippen molar-refractivity contribution >= 4 is 5.57 Å². The molecule has 0 radical (unpaired) electrons. The lowest BCUT2D eigenvalue weighted by Gasteiger charge is -2.04. The van der Waals surface area contributed by atoms with Gasteiger partial charge in [0.05, 0.1) is 0 Å². The van der Waals surface area contributed by atoms with Crippen molar-refractivity contribution in [1.29, 1.82) is 0 Å². The van der Waals surface area contributed by atoms with Crippen molar-refractivity contribution < 1.29 is 0 Å². The van der Waals surface area contributed by atoms with E-state index in [9.17, 15) is 0 Å². The smallest absolute Gasteiger partial charge is 0.0311 e. The zero-order valence-corrected chi connectivity index (χ0v) is 9.51. The summed E-state index contributed by atoms with van der Waals surface area (Å²) in [6.07, 6.45) is 7.36. The third kappa shape index (κ3) is 1.41. The molecule has 0 heteroatoms. The van der Waals surface area contributed by atoms with Crippen molar-refractivity contribution in [3.8, 4) is 11.8 Å². The summed E-state index contributed by atoms with van der Waals surface area (Å²) < 4.78 is 0. The molecule has 1 aromatic rings. The van der Waals surface area contributed by atoms with Gasteiger partial charge in [0, 0.05) is 12.8 Å². The first kappa shape index (κ1) is 9.48. The number of fused-ring (bicyclic) bond motifs is 2. The Bertz CT molecular complexity index is 559. The van der Waals surface area contributed by atoms with Crippen molar-refractivity contribution in [3.05, 3.63) is 52.6 Å². The van der Waals surface area contributed by atoms with Crippen LogP contribution in [0.2, 0.25) is 0 Å². The lowest BCUT2D eigenvalue weighted by Crippen LogP contribution is -1.88. The fourth-order valence-corrected chi connectivity index (χ4v) is 2.53. The normalized spacial score (nSPS) is 19.1. The molecule has 2 aliphatic rings. The number of benzene rings is 1. The highest BCUT2D eigenvalue weighted by Gasteiger charge is 2.20. The minimum atomic E-state index is 0.887. The molecule has 78 valence electrons. The van der Waals surface area contributed by atoms with Gasteiger partial charge in [-0.3, -0.25) is 0 Å². The molecule has 0 spiro atoms. The van der Waals surface area contributed by atoms with E-state index in [-0.39, 0.29) is 0 Å². The van der Waals surface area contributed by atoms with Gasteiger partial charge in [-0.15, -0.1) is 0 Å². The molecule has 0 atom stereocenters. The van der Waals surface area contributed by atoms with Gasteiger partial charge >= 0.3 is 0 Å². The van der Waals surface area contributed by atoms with Crippen LogP contribution in [0.4, 0.5) is 0 Å². The Morgan fingerprint density at radius 3 is 3.06 bits per heavy atom. The molecular weight excluding hydrogens is 192 g/mol. The molecule has 0 unspecified atom stereocenters. The van der Waals surface area contributed by atoms with Crippen LogP contribution in [0.5, 0.6) is 0 Å². The van der Waals surface area contributed by atoms with Crippen molar-refractivity contribution in [1.82, 2.24) is 0 Å². The van der Waals surface area contributed by atoms with Gasteiger partial charge in [-0.05, 0) is 41.2 Å². The van der Waals surface area contributed by atoms with Crippen LogP contribution in [0.15, 0.2) is 35.9 Å². The van der Waals surface area contributed by atoms with E-state index in [0.29, 0.717) is 0 Å². The molecule has 0 fully saturated rings. The minimum absolute atomic E-state index is 0.887. The largest absolute Gasteiger partial charge is 0.0988 e. The molecule has 0 heterocycles. The number of allylic oxidation sites excluding steroid dienone is 4. The lowest BCUT2D eigenvalue weighted by atomic mass is 10.0. The average Bonchev–Trinajstić information content (AvgIpc) is 2.57. The summed E-state index contributed by atoms with van der Waals surface area (Å²) in [5, 5.41) is 0. The second-order valence-electron chi connectivity index (χ2n) is 4.43. The summed E-state index contributed by atoms with van der Waals surface area (Å²) in [5.41, 5.74) is 7.25. The third-order valence-corrected chi connectivity index (χ3v) is 3.40. The third-order valence-electron chi connectivity index (χ3n) is 3.40. The van der Waals surface area contributed by atoms with Gasteiger partial charge in [0.25, 0.3) is 0 Å². The van der Waals surface area contributed by atoms with Crippen LogP contribution < -0.4 is 0 Å². The molecule has 1 aromatic carbocycles. The Hall–Kier alpha value is -1.74. The number of hydrogen-bond acceptors (Lipinski definition) is 0. The van der Waals surface area contributed by atoms with Crippen LogP contribution in [0.1, 0.15) is 29.5 Å². The van der Waals surface area contributed by atoms with Crippen molar-refractivity contribution in [2.24, 2.45) is 0 Å². The zero-order chi connectivity index (χ0) is 11.0. The van der Waals surface area contributed by atoms with Crippen LogP contribution in [0, 0.1) is 18.8 Å². The summed E-state index contributed by atoms with van der Waals surface area (Å²) in [7, 11) is 0. The summed E-state index contributed by atoms with van der Waals surface area (Å²) in [4.78, 5) is 0. The van der Waals surface area contributed by atoms with E-state index in [1.54, 1.807) is 0 Å². The summed E-state index contributed by atoms with van der Waals surface area (Å²) in [5.74, 6) is 6.42. The van der Waals surface area contributed by atoms with E-state index in [0.717, 1.165) is 19.3 Å². The average molecular weight is 206 g/mol. The van der Waals surface area contributed by atoms with E-state index in [4.69, 9.17) is 0 Å². The molecule has 0 aromatic heterocycles. The zero-order valence-electron chi connectivity index (χ0n) is 9.51. The van der Waals surface area contributed by atoms with Crippen LogP contribution in [0.25, 0.3) is 5.57 Å². The lowest BCUT2D eigenvalue weighted by molar-refractivity contribution is 1.11. The topological polar surface area (TPSA) is 0 Å². The van der Waals surface area contributed by atoms with E-state index in [1.165, 1.54) is 27.8 Å².